The van der Waals surface area contributed by atoms with Gasteiger partial charge in [-0.3, -0.25) is 0 Å². The molecule has 1 aliphatic carbocycles. The Morgan fingerprint density at radius 2 is 1.69 bits per heavy atom. The molecule has 0 N–H and O–H groups in total. The number of piperidine rings is 1. The van der Waals surface area contributed by atoms with E-state index in [1.54, 1.807) is 0 Å². The van der Waals surface area contributed by atoms with Crippen LogP contribution >= 0.6 is 0 Å². The molecule has 26 heavy (non-hydrogen) atoms. The Balaban J connectivity index is 1.40. The van der Waals surface area contributed by atoms with E-state index in [-0.39, 0.29) is 0 Å². The monoisotopic (exact) mass is 359 g/mol. The van der Waals surface area contributed by atoms with Gasteiger partial charge in [0.05, 0.1) is 6.10 Å². The van der Waals surface area contributed by atoms with Gasteiger partial charge in [0.25, 0.3) is 0 Å². The van der Waals surface area contributed by atoms with Crippen molar-refractivity contribution < 1.29 is 4.74 Å². The fourth-order valence-corrected chi connectivity index (χ4v) is 4.45. The van der Waals surface area contributed by atoms with Crippen molar-refractivity contribution >= 4 is 0 Å². The molecule has 1 saturated carbocycles. The van der Waals surface area contributed by atoms with Crippen LogP contribution in [0.3, 0.4) is 0 Å². The Labute approximate surface area is 159 Å². The van der Waals surface area contributed by atoms with Gasteiger partial charge < -0.3 is 9.64 Å². The summed E-state index contributed by atoms with van der Waals surface area (Å²) >= 11 is 0. The average molecular weight is 360 g/mol. The lowest BCUT2D eigenvalue weighted by Crippen LogP contribution is -2.43. The van der Waals surface area contributed by atoms with E-state index in [0.29, 0.717) is 12.0 Å². The number of aromatic nitrogens is 2. The predicted molar refractivity (Wildman–Crippen MR) is 106 cm³/mol. The predicted octanol–water partition coefficient (Wildman–Crippen LogP) is 4.59. The third-order valence-corrected chi connectivity index (χ3v) is 6.57. The summed E-state index contributed by atoms with van der Waals surface area (Å²) in [7, 11) is 0. The van der Waals surface area contributed by atoms with Crippen molar-refractivity contribution in [3.8, 4) is 0 Å². The molecule has 0 amide bonds. The van der Waals surface area contributed by atoms with Crippen molar-refractivity contribution in [1.82, 2.24) is 14.9 Å². The lowest BCUT2D eigenvalue weighted by atomic mass is 9.83. The lowest BCUT2D eigenvalue weighted by Gasteiger charge is -2.41. The minimum Gasteiger partial charge on any atom is -0.378 e. The molecule has 146 valence electrons. The number of rotatable bonds is 7. The van der Waals surface area contributed by atoms with E-state index in [4.69, 9.17) is 4.74 Å². The van der Waals surface area contributed by atoms with Crippen LogP contribution in [0, 0.1) is 5.92 Å². The molecule has 1 saturated heterocycles. The second-order valence-corrected chi connectivity index (χ2v) is 8.32. The fourth-order valence-electron chi connectivity index (χ4n) is 4.45. The van der Waals surface area contributed by atoms with Crippen LogP contribution in [0.25, 0.3) is 0 Å². The van der Waals surface area contributed by atoms with Crippen LogP contribution in [0.4, 0.5) is 0 Å². The summed E-state index contributed by atoms with van der Waals surface area (Å²) in [6.45, 7) is 9.94. The molecule has 1 aliphatic heterocycles. The van der Waals surface area contributed by atoms with Gasteiger partial charge in [0, 0.05) is 31.5 Å². The first-order chi connectivity index (χ1) is 12.7. The van der Waals surface area contributed by atoms with Crippen LogP contribution in [0.5, 0.6) is 0 Å². The topological polar surface area (TPSA) is 38.2 Å². The van der Waals surface area contributed by atoms with Crippen LogP contribution in [0.1, 0.15) is 83.0 Å². The van der Waals surface area contributed by atoms with E-state index in [1.807, 2.05) is 0 Å². The zero-order valence-electron chi connectivity index (χ0n) is 17.0. The summed E-state index contributed by atoms with van der Waals surface area (Å²) in [5.41, 5.74) is 1.34. The summed E-state index contributed by atoms with van der Waals surface area (Å²) in [5, 5.41) is 0. The number of hydrogen-bond acceptors (Lipinski definition) is 4. The second kappa shape index (κ2) is 9.80. The largest absolute Gasteiger partial charge is 0.378 e. The van der Waals surface area contributed by atoms with Crippen molar-refractivity contribution in [2.24, 2.45) is 5.92 Å². The lowest BCUT2D eigenvalue weighted by molar-refractivity contribution is 0.0175. The van der Waals surface area contributed by atoms with E-state index in [0.717, 1.165) is 37.2 Å². The van der Waals surface area contributed by atoms with E-state index in [1.165, 1.54) is 57.2 Å². The molecule has 0 aromatic carbocycles. The first kappa shape index (κ1) is 19.8. The Bertz CT molecular complexity index is 517. The molecule has 2 aliphatic rings. The van der Waals surface area contributed by atoms with Crippen molar-refractivity contribution in [2.45, 2.75) is 90.2 Å². The van der Waals surface area contributed by atoms with Gasteiger partial charge in [-0.05, 0) is 82.4 Å². The fraction of sp³-hybridized carbons (Fsp3) is 0.818. The van der Waals surface area contributed by atoms with Gasteiger partial charge in [-0.2, -0.15) is 0 Å². The molecular weight excluding hydrogens is 322 g/mol. The highest BCUT2D eigenvalue weighted by Gasteiger charge is 2.29. The molecule has 0 spiro atoms. The molecule has 1 atom stereocenters. The maximum Gasteiger partial charge on any atom is 0.127 e. The Kier molecular flexibility index (Phi) is 7.44. The van der Waals surface area contributed by atoms with Gasteiger partial charge in [0.1, 0.15) is 5.82 Å². The van der Waals surface area contributed by atoms with Gasteiger partial charge in [-0.25, -0.2) is 9.97 Å². The zero-order chi connectivity index (χ0) is 18.4. The molecule has 4 heteroatoms. The van der Waals surface area contributed by atoms with Crippen LogP contribution < -0.4 is 0 Å². The molecule has 1 aromatic rings. The quantitative estimate of drug-likeness (QED) is 0.713. The Morgan fingerprint density at radius 3 is 2.27 bits per heavy atom. The molecule has 2 fully saturated rings. The number of hydrogen-bond donors (Lipinski definition) is 0. The molecule has 0 bridgehead atoms. The number of likely N-dealkylation sites (tertiary alicyclic amines) is 1. The van der Waals surface area contributed by atoms with Gasteiger partial charge >= 0.3 is 0 Å². The number of nitrogens with zero attached hydrogens (tertiary/aromatic N) is 3. The van der Waals surface area contributed by atoms with Crippen LogP contribution in [0.2, 0.25) is 0 Å². The third kappa shape index (κ3) is 5.26. The van der Waals surface area contributed by atoms with Crippen molar-refractivity contribution in [1.29, 1.82) is 0 Å². The van der Waals surface area contributed by atoms with E-state index in [9.17, 15) is 0 Å². The second-order valence-electron chi connectivity index (χ2n) is 8.32. The number of aryl methyl sites for hydroxylation is 1. The van der Waals surface area contributed by atoms with Crippen LogP contribution in [0.15, 0.2) is 12.4 Å². The molecule has 1 aromatic heterocycles. The molecular formula is C22H37N3O. The summed E-state index contributed by atoms with van der Waals surface area (Å²) in [6, 6.07) is 0.800. The first-order valence-corrected chi connectivity index (χ1v) is 10.9. The zero-order valence-corrected chi connectivity index (χ0v) is 17.0. The standard InChI is InChI=1S/C22H37N3O/c1-4-17(3)26-16-18-6-8-21(9-7-18)25-12-10-19(11-13-25)20-14-23-22(5-2)24-15-20/h14-15,17-19,21H,4-13,16H2,1-3H3. The van der Waals surface area contributed by atoms with E-state index >= 15 is 0 Å². The molecule has 0 radical (unpaired) electrons. The van der Waals surface area contributed by atoms with Gasteiger partial charge in [0.15, 0.2) is 0 Å². The molecule has 1 unspecified atom stereocenters. The minimum atomic E-state index is 0.419. The highest BCUT2D eigenvalue weighted by molar-refractivity contribution is 5.13. The molecule has 3 rings (SSSR count). The van der Waals surface area contributed by atoms with Gasteiger partial charge in [-0.1, -0.05) is 13.8 Å². The van der Waals surface area contributed by atoms with Gasteiger partial charge in [-0.15, -0.1) is 0 Å². The molecule has 4 nitrogen and oxygen atoms in total. The Morgan fingerprint density at radius 1 is 1.04 bits per heavy atom. The summed E-state index contributed by atoms with van der Waals surface area (Å²) in [4.78, 5) is 11.7. The summed E-state index contributed by atoms with van der Waals surface area (Å²) in [5.74, 6) is 2.39. The Hall–Kier alpha value is -1.00. The number of ether oxygens (including phenoxy) is 1. The maximum atomic E-state index is 5.97. The first-order valence-electron chi connectivity index (χ1n) is 10.9. The van der Waals surface area contributed by atoms with Crippen LogP contribution in [-0.4, -0.2) is 46.7 Å². The summed E-state index contributed by atoms with van der Waals surface area (Å²) < 4.78 is 5.97. The van der Waals surface area contributed by atoms with Crippen molar-refractivity contribution in [2.75, 3.05) is 19.7 Å². The maximum absolute atomic E-state index is 5.97. The highest BCUT2D eigenvalue weighted by Crippen LogP contribution is 2.33. The normalized spacial score (nSPS) is 26.7. The minimum absolute atomic E-state index is 0.419. The van der Waals surface area contributed by atoms with Crippen molar-refractivity contribution in [3.63, 3.8) is 0 Å². The summed E-state index contributed by atoms with van der Waals surface area (Å²) in [6.07, 6.45) is 14.5. The van der Waals surface area contributed by atoms with Gasteiger partial charge in [0.2, 0.25) is 0 Å². The van der Waals surface area contributed by atoms with E-state index in [2.05, 4.69) is 48.0 Å². The SMILES string of the molecule is CCc1ncc(C2CCN(C3CCC(COC(C)CC)CC3)CC2)cn1. The average Bonchev–Trinajstić information content (AvgIpc) is 2.72. The van der Waals surface area contributed by atoms with Crippen LogP contribution in [-0.2, 0) is 11.2 Å². The smallest absolute Gasteiger partial charge is 0.127 e. The van der Waals surface area contributed by atoms with E-state index < -0.39 is 0 Å². The third-order valence-electron chi connectivity index (χ3n) is 6.57. The van der Waals surface area contributed by atoms with Crippen molar-refractivity contribution in [3.05, 3.63) is 23.8 Å². The molecule has 2 heterocycles. The highest BCUT2D eigenvalue weighted by atomic mass is 16.5.